The van der Waals surface area contributed by atoms with Crippen molar-refractivity contribution in [2.45, 2.75) is 6.92 Å². The maximum Gasteiger partial charge on any atom is 0.137 e. The molecule has 0 aromatic heterocycles. The van der Waals surface area contributed by atoms with Gasteiger partial charge in [0, 0.05) is 4.47 Å². The SMILES string of the molecule is Cc1ccc(Br)cc1Oc1ccc(F)cc1C(N)=S. The second-order valence-corrected chi connectivity index (χ2v) is 5.37. The molecule has 0 aliphatic heterocycles. The van der Waals surface area contributed by atoms with E-state index in [4.69, 9.17) is 22.7 Å². The number of nitrogens with two attached hydrogens (primary N) is 1. The summed E-state index contributed by atoms with van der Waals surface area (Å²) < 4.78 is 19.9. The van der Waals surface area contributed by atoms with E-state index in [1.165, 1.54) is 18.2 Å². The van der Waals surface area contributed by atoms with E-state index in [2.05, 4.69) is 15.9 Å². The molecule has 2 rings (SSSR count). The number of hydrogen-bond acceptors (Lipinski definition) is 2. The second-order valence-electron chi connectivity index (χ2n) is 4.02. The van der Waals surface area contributed by atoms with E-state index in [1.807, 2.05) is 25.1 Å². The fourth-order valence-electron chi connectivity index (χ4n) is 1.59. The van der Waals surface area contributed by atoms with Gasteiger partial charge in [0.25, 0.3) is 0 Å². The molecule has 0 spiro atoms. The molecule has 0 radical (unpaired) electrons. The van der Waals surface area contributed by atoms with Crippen molar-refractivity contribution in [3.8, 4) is 11.5 Å². The molecule has 19 heavy (non-hydrogen) atoms. The van der Waals surface area contributed by atoms with Crippen LogP contribution in [0.4, 0.5) is 4.39 Å². The van der Waals surface area contributed by atoms with Crippen LogP contribution in [0, 0.1) is 12.7 Å². The Hall–Kier alpha value is -1.46. The van der Waals surface area contributed by atoms with Crippen LogP contribution in [-0.4, -0.2) is 4.99 Å². The van der Waals surface area contributed by atoms with Crippen molar-refractivity contribution in [3.63, 3.8) is 0 Å². The van der Waals surface area contributed by atoms with Crippen LogP contribution in [0.1, 0.15) is 11.1 Å². The van der Waals surface area contributed by atoms with E-state index in [9.17, 15) is 4.39 Å². The van der Waals surface area contributed by atoms with Gasteiger partial charge >= 0.3 is 0 Å². The average molecular weight is 340 g/mol. The van der Waals surface area contributed by atoms with Gasteiger partial charge in [-0.25, -0.2) is 4.39 Å². The lowest BCUT2D eigenvalue weighted by Gasteiger charge is -2.12. The number of benzene rings is 2. The zero-order valence-corrected chi connectivity index (χ0v) is 12.5. The Morgan fingerprint density at radius 1 is 1.21 bits per heavy atom. The predicted octanol–water partition coefficient (Wildman–Crippen LogP) is 4.32. The number of halogens is 2. The third-order valence-corrected chi connectivity index (χ3v) is 3.29. The summed E-state index contributed by atoms with van der Waals surface area (Å²) in [6, 6.07) is 9.77. The molecule has 0 bridgehead atoms. The van der Waals surface area contributed by atoms with Crippen LogP contribution >= 0.6 is 28.1 Å². The summed E-state index contributed by atoms with van der Waals surface area (Å²) in [5, 5.41) is 0. The average Bonchev–Trinajstić information content (AvgIpc) is 2.35. The molecule has 0 saturated carbocycles. The fourth-order valence-corrected chi connectivity index (χ4v) is 2.09. The zero-order chi connectivity index (χ0) is 14.0. The minimum absolute atomic E-state index is 0.0992. The quantitative estimate of drug-likeness (QED) is 0.845. The predicted molar refractivity (Wildman–Crippen MR) is 81.2 cm³/mol. The Bertz CT molecular complexity index is 645. The van der Waals surface area contributed by atoms with E-state index < -0.39 is 5.82 Å². The molecule has 0 heterocycles. The fraction of sp³-hybridized carbons (Fsp3) is 0.0714. The summed E-state index contributed by atoms with van der Waals surface area (Å²) in [5.74, 6) is 0.703. The van der Waals surface area contributed by atoms with Crippen molar-refractivity contribution in [3.05, 3.63) is 57.8 Å². The number of ether oxygens (including phenoxy) is 1. The van der Waals surface area contributed by atoms with Gasteiger partial charge in [0.1, 0.15) is 22.3 Å². The van der Waals surface area contributed by atoms with Gasteiger partial charge in [-0.15, -0.1) is 0 Å². The smallest absolute Gasteiger partial charge is 0.137 e. The van der Waals surface area contributed by atoms with Crippen molar-refractivity contribution >= 4 is 33.1 Å². The number of aryl methyl sites for hydroxylation is 1. The van der Waals surface area contributed by atoms with E-state index in [-0.39, 0.29) is 4.99 Å². The van der Waals surface area contributed by atoms with E-state index in [0.29, 0.717) is 17.1 Å². The molecular formula is C14H11BrFNOS. The number of thiocarbonyl (C=S) groups is 1. The molecule has 0 unspecified atom stereocenters. The Kier molecular flexibility index (Phi) is 4.17. The molecule has 0 aliphatic rings. The van der Waals surface area contributed by atoms with E-state index in [1.54, 1.807) is 0 Å². The summed E-state index contributed by atoms with van der Waals surface area (Å²) in [4.78, 5) is 0.0992. The largest absolute Gasteiger partial charge is 0.456 e. The number of rotatable bonds is 3. The molecule has 0 amide bonds. The van der Waals surface area contributed by atoms with Crippen molar-refractivity contribution in [2.24, 2.45) is 5.73 Å². The molecule has 0 fully saturated rings. The van der Waals surface area contributed by atoms with Gasteiger partial charge in [-0.2, -0.15) is 0 Å². The summed E-state index contributed by atoms with van der Waals surface area (Å²) in [7, 11) is 0. The molecular weight excluding hydrogens is 329 g/mol. The molecule has 0 saturated heterocycles. The van der Waals surface area contributed by atoms with Crippen LogP contribution < -0.4 is 10.5 Å². The lowest BCUT2D eigenvalue weighted by atomic mass is 10.2. The minimum atomic E-state index is -0.402. The third-order valence-electron chi connectivity index (χ3n) is 2.58. The standard InChI is InChI=1S/C14H11BrFNOS/c1-8-2-3-9(15)6-13(8)18-12-5-4-10(16)7-11(12)14(17)19/h2-7H,1H3,(H2,17,19). The van der Waals surface area contributed by atoms with Crippen LogP contribution in [-0.2, 0) is 0 Å². The lowest BCUT2D eigenvalue weighted by Crippen LogP contribution is -2.11. The molecule has 0 atom stereocenters. The summed E-state index contributed by atoms with van der Waals surface area (Å²) in [5.41, 5.74) is 6.92. The molecule has 5 heteroatoms. The van der Waals surface area contributed by atoms with Gasteiger partial charge < -0.3 is 10.5 Å². The van der Waals surface area contributed by atoms with Crippen molar-refractivity contribution < 1.29 is 9.13 Å². The van der Waals surface area contributed by atoms with Gasteiger partial charge in [-0.05, 0) is 42.8 Å². The second kappa shape index (κ2) is 5.67. The van der Waals surface area contributed by atoms with Crippen molar-refractivity contribution in [1.29, 1.82) is 0 Å². The first-order valence-electron chi connectivity index (χ1n) is 5.51. The highest BCUT2D eigenvalue weighted by molar-refractivity contribution is 9.10. The lowest BCUT2D eigenvalue weighted by molar-refractivity contribution is 0.475. The molecule has 98 valence electrons. The first-order valence-corrected chi connectivity index (χ1v) is 6.71. The van der Waals surface area contributed by atoms with E-state index >= 15 is 0 Å². The minimum Gasteiger partial charge on any atom is -0.456 e. The van der Waals surface area contributed by atoms with Crippen LogP contribution in [0.5, 0.6) is 11.5 Å². The Labute approximate surface area is 124 Å². The monoisotopic (exact) mass is 339 g/mol. The maximum atomic E-state index is 13.2. The van der Waals surface area contributed by atoms with Crippen molar-refractivity contribution in [2.75, 3.05) is 0 Å². The van der Waals surface area contributed by atoms with Crippen LogP contribution in [0.3, 0.4) is 0 Å². The van der Waals surface area contributed by atoms with Gasteiger partial charge in [0.2, 0.25) is 0 Å². The van der Waals surface area contributed by atoms with Crippen LogP contribution in [0.25, 0.3) is 0 Å². The van der Waals surface area contributed by atoms with Gasteiger partial charge in [0.05, 0.1) is 5.56 Å². The summed E-state index contributed by atoms with van der Waals surface area (Å²) in [6.45, 7) is 1.92. The van der Waals surface area contributed by atoms with Crippen LogP contribution in [0.2, 0.25) is 0 Å². The molecule has 2 aromatic rings. The summed E-state index contributed by atoms with van der Waals surface area (Å²) in [6.07, 6.45) is 0. The Morgan fingerprint density at radius 2 is 1.95 bits per heavy atom. The molecule has 0 aliphatic carbocycles. The Balaban J connectivity index is 2.43. The van der Waals surface area contributed by atoms with E-state index in [0.717, 1.165) is 10.0 Å². The highest BCUT2D eigenvalue weighted by Crippen LogP contribution is 2.30. The van der Waals surface area contributed by atoms with Gasteiger partial charge in [0.15, 0.2) is 0 Å². The normalized spacial score (nSPS) is 10.3. The Morgan fingerprint density at radius 3 is 2.63 bits per heavy atom. The van der Waals surface area contributed by atoms with Gasteiger partial charge in [-0.3, -0.25) is 0 Å². The first-order chi connectivity index (χ1) is 8.97. The maximum absolute atomic E-state index is 13.2. The molecule has 2 nitrogen and oxygen atoms in total. The first kappa shape index (κ1) is 14.0. The molecule has 2 aromatic carbocycles. The molecule has 2 N–H and O–H groups in total. The summed E-state index contributed by atoms with van der Waals surface area (Å²) >= 11 is 8.28. The third kappa shape index (κ3) is 3.30. The zero-order valence-electron chi connectivity index (χ0n) is 10.1. The van der Waals surface area contributed by atoms with Crippen LogP contribution in [0.15, 0.2) is 40.9 Å². The van der Waals surface area contributed by atoms with Crippen molar-refractivity contribution in [1.82, 2.24) is 0 Å². The van der Waals surface area contributed by atoms with Gasteiger partial charge in [-0.1, -0.05) is 34.2 Å². The number of hydrogen-bond donors (Lipinski definition) is 1. The highest BCUT2D eigenvalue weighted by Gasteiger charge is 2.10. The highest BCUT2D eigenvalue weighted by atomic mass is 79.9. The topological polar surface area (TPSA) is 35.2 Å².